The predicted molar refractivity (Wildman–Crippen MR) is 172 cm³/mol. The summed E-state index contributed by atoms with van der Waals surface area (Å²) in [6, 6.07) is 14.9. The number of nitrogens with zero attached hydrogens (tertiary/aromatic N) is 1. The summed E-state index contributed by atoms with van der Waals surface area (Å²) in [6.07, 6.45) is 4.64. The summed E-state index contributed by atoms with van der Waals surface area (Å²) in [5, 5.41) is 23.5. The number of nitrogens with one attached hydrogen (secondary N) is 3. The van der Waals surface area contributed by atoms with Crippen LogP contribution < -0.4 is 10.1 Å². The average Bonchev–Trinajstić information content (AvgIpc) is 3.74. The third-order valence-electron chi connectivity index (χ3n) is 8.99. The molecule has 1 aliphatic rings. The molecule has 3 aromatic carbocycles. The largest absolute Gasteiger partial charge is 0.481 e. The first-order valence-corrected chi connectivity index (χ1v) is 15.7. The number of carbonyl (C=O) groups is 2. The number of hydrogen-bond donors (Lipinski definition) is 5. The SMILES string of the molecule is CC1(c2cccc(CCC(=O)O)c2)CCCC(O)CNC(=O)CCc2c(c(F)cc3[nH]ccc23)Oc2ccc(F)c(c2)-c2ncc1[nH]2. The van der Waals surface area contributed by atoms with Crippen molar-refractivity contribution >= 4 is 22.8 Å². The Bertz CT molecular complexity index is 1940. The molecular formula is C36H36F2N4O5. The highest BCUT2D eigenvalue weighted by atomic mass is 19.1. The zero-order chi connectivity index (χ0) is 33.1. The number of amides is 1. The van der Waals surface area contributed by atoms with Crippen molar-refractivity contribution in [3.8, 4) is 22.9 Å². The minimum Gasteiger partial charge on any atom is -0.481 e. The van der Waals surface area contributed by atoms with E-state index in [0.717, 1.165) is 11.1 Å². The Labute approximate surface area is 270 Å². The van der Waals surface area contributed by atoms with E-state index in [0.29, 0.717) is 47.8 Å². The highest BCUT2D eigenvalue weighted by molar-refractivity contribution is 5.86. The maximum Gasteiger partial charge on any atom is 0.303 e. The number of hydrogen-bond acceptors (Lipinski definition) is 5. The van der Waals surface area contributed by atoms with Gasteiger partial charge in [0.2, 0.25) is 5.91 Å². The lowest BCUT2D eigenvalue weighted by Crippen LogP contribution is -2.32. The van der Waals surface area contributed by atoms with Crippen LogP contribution in [0.15, 0.2) is 67.0 Å². The molecular weight excluding hydrogens is 606 g/mol. The smallest absolute Gasteiger partial charge is 0.303 e. The first kappa shape index (κ1) is 31.9. The number of carboxylic acids is 1. The average molecular weight is 643 g/mol. The number of ether oxygens (including phenoxy) is 1. The summed E-state index contributed by atoms with van der Waals surface area (Å²) in [4.78, 5) is 34.9. The van der Waals surface area contributed by atoms with Crippen LogP contribution in [0.4, 0.5) is 8.78 Å². The van der Waals surface area contributed by atoms with E-state index in [1.807, 2.05) is 31.2 Å². The first-order chi connectivity index (χ1) is 22.6. The van der Waals surface area contributed by atoms with Crippen molar-refractivity contribution < 1.29 is 33.3 Å². The second-order valence-electron chi connectivity index (χ2n) is 12.3. The van der Waals surface area contributed by atoms with Gasteiger partial charge in [0.1, 0.15) is 17.4 Å². The number of imidazole rings is 1. The molecule has 0 fully saturated rings. The molecule has 2 aromatic heterocycles. The van der Waals surface area contributed by atoms with Gasteiger partial charge in [0.15, 0.2) is 11.6 Å². The number of aromatic nitrogens is 3. The lowest BCUT2D eigenvalue weighted by molar-refractivity contribution is -0.137. The van der Waals surface area contributed by atoms with Crippen LogP contribution in [0.1, 0.15) is 61.4 Å². The van der Waals surface area contributed by atoms with Gasteiger partial charge in [-0.3, -0.25) is 9.59 Å². The van der Waals surface area contributed by atoms with E-state index in [1.54, 1.807) is 18.5 Å². The van der Waals surface area contributed by atoms with E-state index in [1.165, 1.54) is 24.3 Å². The number of aliphatic hydroxyl groups is 1. The molecule has 0 aliphatic carbocycles. The number of aryl methyl sites for hydroxylation is 2. The minimum absolute atomic E-state index is 0.00554. The molecule has 0 saturated carbocycles. The summed E-state index contributed by atoms with van der Waals surface area (Å²) in [6.45, 7) is 2.08. The van der Waals surface area contributed by atoms with Gasteiger partial charge in [-0.1, -0.05) is 24.3 Å². The summed E-state index contributed by atoms with van der Waals surface area (Å²) >= 11 is 0. The summed E-state index contributed by atoms with van der Waals surface area (Å²) in [7, 11) is 0. The van der Waals surface area contributed by atoms with E-state index in [-0.39, 0.29) is 54.6 Å². The van der Waals surface area contributed by atoms with E-state index < -0.39 is 29.1 Å². The molecule has 5 N–H and O–H groups in total. The van der Waals surface area contributed by atoms with Gasteiger partial charge >= 0.3 is 5.97 Å². The van der Waals surface area contributed by atoms with Crippen LogP contribution in [0.25, 0.3) is 22.3 Å². The minimum atomic E-state index is -0.884. The van der Waals surface area contributed by atoms with Crippen molar-refractivity contribution in [2.24, 2.45) is 0 Å². The number of carbonyl (C=O) groups excluding carboxylic acids is 1. The lowest BCUT2D eigenvalue weighted by atomic mass is 9.75. The number of fused-ring (bicyclic) bond motifs is 8. The van der Waals surface area contributed by atoms with Crippen LogP contribution >= 0.6 is 0 Å². The Morgan fingerprint density at radius 2 is 1.96 bits per heavy atom. The van der Waals surface area contributed by atoms with Crippen molar-refractivity contribution in [3.05, 3.63) is 101 Å². The number of carboxylic acid groups (broad SMARTS) is 1. The summed E-state index contributed by atoms with van der Waals surface area (Å²) < 4.78 is 36.9. The fourth-order valence-corrected chi connectivity index (χ4v) is 6.30. The van der Waals surface area contributed by atoms with E-state index >= 15 is 8.78 Å². The number of aromatic amines is 2. The predicted octanol–water partition coefficient (Wildman–Crippen LogP) is 6.55. The Hall–Kier alpha value is -5.03. The zero-order valence-electron chi connectivity index (χ0n) is 25.9. The molecule has 0 saturated heterocycles. The maximum atomic E-state index is 15.5. The molecule has 1 aliphatic heterocycles. The fourth-order valence-electron chi connectivity index (χ4n) is 6.30. The molecule has 1 amide bonds. The van der Waals surface area contributed by atoms with Crippen LogP contribution in [0.3, 0.4) is 0 Å². The molecule has 0 spiro atoms. The van der Waals surface area contributed by atoms with Crippen LogP contribution in [0, 0.1) is 11.6 Å². The molecule has 4 bridgehead atoms. The molecule has 2 unspecified atom stereocenters. The Kier molecular flexibility index (Phi) is 9.08. The van der Waals surface area contributed by atoms with E-state index in [9.17, 15) is 19.8 Å². The molecule has 3 heterocycles. The number of rotatable bonds is 4. The molecule has 2 atom stereocenters. The van der Waals surface area contributed by atoms with Gasteiger partial charge in [-0.2, -0.15) is 0 Å². The first-order valence-electron chi connectivity index (χ1n) is 15.7. The number of β-amino-alcohol motifs (C(OH)–C–C–N with tert-alkyl or cyclic N) is 1. The third-order valence-corrected chi connectivity index (χ3v) is 8.99. The number of aliphatic carboxylic acids is 1. The monoisotopic (exact) mass is 642 g/mol. The molecule has 47 heavy (non-hydrogen) atoms. The lowest BCUT2D eigenvalue weighted by Gasteiger charge is -2.30. The number of H-pyrrole nitrogens is 2. The quantitative estimate of drug-likeness (QED) is 0.151. The molecule has 6 rings (SSSR count). The molecule has 5 aromatic rings. The standard InChI is InChI=1S/C36H36F2N4O5/c1-36(22-5-2-4-21(16-22)7-12-33(45)46)14-3-6-23(43)19-40-32(44)11-9-26-25-13-15-39-30(25)18-29(38)34(26)47-24-8-10-28(37)27(17-24)35-41-20-31(36)42-35/h2,4-5,8,10,13,15-18,20,23,39,43H,3,6-7,9,11-12,14,19H2,1H3,(H,40,44)(H,41,42)(H,45,46). The van der Waals surface area contributed by atoms with Crippen LogP contribution in [-0.4, -0.2) is 49.7 Å². The van der Waals surface area contributed by atoms with Gasteiger partial charge in [-0.25, -0.2) is 13.8 Å². The molecule has 0 radical (unpaired) electrons. The highest BCUT2D eigenvalue weighted by Crippen LogP contribution is 2.40. The van der Waals surface area contributed by atoms with Crippen molar-refractivity contribution in [1.82, 2.24) is 20.3 Å². The summed E-state index contributed by atoms with van der Waals surface area (Å²) in [5.74, 6) is -1.98. The second kappa shape index (κ2) is 13.4. The number of aliphatic hydroxyl groups excluding tert-OH is 1. The van der Waals surface area contributed by atoms with Crippen LogP contribution in [0.5, 0.6) is 11.5 Å². The Morgan fingerprint density at radius 3 is 2.79 bits per heavy atom. The third kappa shape index (κ3) is 6.90. The Morgan fingerprint density at radius 1 is 1.11 bits per heavy atom. The molecule has 244 valence electrons. The topological polar surface area (TPSA) is 140 Å². The van der Waals surface area contributed by atoms with Crippen molar-refractivity contribution in [2.45, 2.75) is 63.4 Å². The van der Waals surface area contributed by atoms with Crippen LogP contribution in [0.2, 0.25) is 0 Å². The fraction of sp³-hybridized carbons (Fsp3) is 0.306. The second-order valence-corrected chi connectivity index (χ2v) is 12.3. The van der Waals surface area contributed by atoms with Crippen molar-refractivity contribution in [2.75, 3.05) is 6.54 Å². The van der Waals surface area contributed by atoms with Gasteiger partial charge < -0.3 is 30.2 Å². The van der Waals surface area contributed by atoms with E-state index in [2.05, 4.69) is 20.3 Å². The van der Waals surface area contributed by atoms with Gasteiger partial charge in [0.25, 0.3) is 0 Å². The summed E-state index contributed by atoms with van der Waals surface area (Å²) in [5.41, 5.74) is 2.96. The highest BCUT2D eigenvalue weighted by Gasteiger charge is 2.32. The molecule has 9 nitrogen and oxygen atoms in total. The van der Waals surface area contributed by atoms with Crippen molar-refractivity contribution in [3.63, 3.8) is 0 Å². The number of halogens is 2. The van der Waals surface area contributed by atoms with Gasteiger partial charge in [0.05, 0.1) is 11.7 Å². The molecule has 11 heteroatoms. The van der Waals surface area contributed by atoms with E-state index in [4.69, 9.17) is 4.74 Å². The van der Waals surface area contributed by atoms with Gasteiger partial charge in [0, 0.05) is 65.4 Å². The Balaban J connectivity index is 1.42. The van der Waals surface area contributed by atoms with Gasteiger partial charge in [-0.15, -0.1) is 0 Å². The zero-order valence-corrected chi connectivity index (χ0v) is 25.9. The van der Waals surface area contributed by atoms with Gasteiger partial charge in [-0.05, 0) is 74.4 Å². The van der Waals surface area contributed by atoms with Crippen LogP contribution in [-0.2, 0) is 27.8 Å². The number of benzene rings is 3. The normalized spacial score (nSPS) is 19.1. The van der Waals surface area contributed by atoms with Crippen molar-refractivity contribution in [1.29, 1.82) is 0 Å². The maximum absolute atomic E-state index is 15.5.